The Bertz CT molecular complexity index is 982. The average molecular weight is 515 g/mol. The number of fused-ring (bicyclic) bond motifs is 1. The molecule has 4 saturated heterocycles. The number of carbonyl (C=O) groups excluding carboxylic acids is 3. The third-order valence-electron chi connectivity index (χ3n) is 8.51. The summed E-state index contributed by atoms with van der Waals surface area (Å²) < 4.78 is 11.8. The van der Waals surface area contributed by atoms with Gasteiger partial charge < -0.3 is 30.1 Å². The highest BCUT2D eigenvalue weighted by atomic mass is 16.5. The Hall–Kier alpha value is -2.53. The van der Waals surface area contributed by atoms with Gasteiger partial charge in [-0.3, -0.25) is 19.3 Å². The molecule has 0 aliphatic carbocycles. The molecule has 2 unspecified atom stereocenters. The SMILES string of the molecule is CC[C@@H](CO)N1C(=O)[C@@H]2[C@@H](C(=O)NCc3ccccc3)[C@H]3CCC2(O3)C1C(=O)NCCN1CCOCC1. The van der Waals surface area contributed by atoms with Gasteiger partial charge in [0, 0.05) is 32.7 Å². The maximum absolute atomic E-state index is 13.9. The second-order valence-corrected chi connectivity index (χ2v) is 10.5. The van der Waals surface area contributed by atoms with Crippen molar-refractivity contribution in [2.45, 2.75) is 56.5 Å². The van der Waals surface area contributed by atoms with Crippen molar-refractivity contribution >= 4 is 17.7 Å². The highest BCUT2D eigenvalue weighted by Crippen LogP contribution is 2.58. The number of ether oxygens (including phenoxy) is 2. The maximum Gasteiger partial charge on any atom is 0.245 e. The predicted molar refractivity (Wildman–Crippen MR) is 134 cm³/mol. The van der Waals surface area contributed by atoms with Crippen LogP contribution in [0.1, 0.15) is 31.7 Å². The summed E-state index contributed by atoms with van der Waals surface area (Å²) in [6.45, 7) is 6.14. The standard InChI is InChI=1S/C27H38N4O6/c1-2-19(17-32)31-23(25(34)28-10-11-30-12-14-36-15-13-30)27-9-8-20(37-27)21(22(27)26(31)35)24(33)29-16-18-6-4-3-5-7-18/h3-7,19-23,32H,2,8-17H2,1H3,(H,28,34)(H,29,33)/t19-,20+,21-,22-,23?,27?/m0/s1. The van der Waals surface area contributed by atoms with Crippen LogP contribution in [0.2, 0.25) is 0 Å². The fraction of sp³-hybridized carbons (Fsp3) is 0.667. The number of hydrogen-bond donors (Lipinski definition) is 3. The second kappa shape index (κ2) is 11.1. The van der Waals surface area contributed by atoms with Crippen LogP contribution in [-0.2, 0) is 30.4 Å². The number of amides is 3. The van der Waals surface area contributed by atoms with Crippen LogP contribution in [0, 0.1) is 11.8 Å². The fourth-order valence-corrected chi connectivity index (χ4v) is 6.66. The lowest BCUT2D eigenvalue weighted by Gasteiger charge is -2.36. The first kappa shape index (κ1) is 26.1. The molecule has 0 radical (unpaired) electrons. The lowest BCUT2D eigenvalue weighted by molar-refractivity contribution is -0.145. The summed E-state index contributed by atoms with van der Waals surface area (Å²) in [5.41, 5.74) is -0.0832. The second-order valence-electron chi connectivity index (χ2n) is 10.5. The monoisotopic (exact) mass is 514 g/mol. The van der Waals surface area contributed by atoms with Gasteiger partial charge in [-0.25, -0.2) is 0 Å². The van der Waals surface area contributed by atoms with Gasteiger partial charge in [0.15, 0.2) is 0 Å². The van der Waals surface area contributed by atoms with Crippen molar-refractivity contribution in [2.75, 3.05) is 46.0 Å². The third-order valence-corrected chi connectivity index (χ3v) is 8.51. The van der Waals surface area contributed by atoms with E-state index in [1.807, 2.05) is 37.3 Å². The molecule has 37 heavy (non-hydrogen) atoms. The van der Waals surface area contributed by atoms with Crippen molar-refractivity contribution in [1.82, 2.24) is 20.4 Å². The number of nitrogens with one attached hydrogen (secondary N) is 2. The number of morpholine rings is 1. The number of rotatable bonds is 10. The van der Waals surface area contributed by atoms with Gasteiger partial charge in [-0.15, -0.1) is 0 Å². The summed E-state index contributed by atoms with van der Waals surface area (Å²) in [7, 11) is 0. The van der Waals surface area contributed by atoms with Crippen LogP contribution in [0.5, 0.6) is 0 Å². The van der Waals surface area contributed by atoms with Crippen LogP contribution in [0.25, 0.3) is 0 Å². The highest BCUT2D eigenvalue weighted by Gasteiger charge is 2.74. The van der Waals surface area contributed by atoms with Gasteiger partial charge in [0.05, 0.1) is 43.8 Å². The molecule has 1 aromatic carbocycles. The molecule has 4 fully saturated rings. The van der Waals surface area contributed by atoms with Gasteiger partial charge in [0.25, 0.3) is 0 Å². The molecule has 6 atom stereocenters. The minimum absolute atomic E-state index is 0.223. The molecule has 3 N–H and O–H groups in total. The quantitative estimate of drug-likeness (QED) is 0.399. The smallest absolute Gasteiger partial charge is 0.245 e. The van der Waals surface area contributed by atoms with Crippen LogP contribution in [0.15, 0.2) is 30.3 Å². The van der Waals surface area contributed by atoms with E-state index in [1.165, 1.54) is 4.90 Å². The maximum atomic E-state index is 13.9. The van der Waals surface area contributed by atoms with E-state index in [0.29, 0.717) is 52.1 Å². The molecule has 4 heterocycles. The Morgan fingerprint density at radius 1 is 1.16 bits per heavy atom. The molecule has 0 saturated carbocycles. The van der Waals surface area contributed by atoms with Crippen molar-refractivity contribution in [3.05, 3.63) is 35.9 Å². The summed E-state index contributed by atoms with van der Waals surface area (Å²) in [6, 6.07) is 8.23. The van der Waals surface area contributed by atoms with Gasteiger partial charge in [-0.05, 0) is 24.8 Å². The summed E-state index contributed by atoms with van der Waals surface area (Å²) in [6.07, 6.45) is 1.26. The molecule has 1 spiro atoms. The van der Waals surface area contributed by atoms with E-state index in [2.05, 4.69) is 15.5 Å². The molecule has 3 amide bonds. The Labute approximate surface area is 217 Å². The van der Waals surface area contributed by atoms with Crippen LogP contribution in [0.3, 0.4) is 0 Å². The zero-order valence-electron chi connectivity index (χ0n) is 21.4. The Morgan fingerprint density at radius 3 is 2.62 bits per heavy atom. The summed E-state index contributed by atoms with van der Waals surface area (Å²) in [5.74, 6) is -2.16. The molecule has 10 heteroatoms. The zero-order valence-corrected chi connectivity index (χ0v) is 21.4. The fourth-order valence-electron chi connectivity index (χ4n) is 6.66. The first-order valence-electron chi connectivity index (χ1n) is 13.5. The number of aliphatic hydroxyl groups is 1. The molecule has 0 aromatic heterocycles. The molecule has 202 valence electrons. The molecule has 4 aliphatic rings. The molecule has 2 bridgehead atoms. The van der Waals surface area contributed by atoms with Gasteiger partial charge in [0.1, 0.15) is 11.6 Å². The van der Waals surface area contributed by atoms with E-state index in [0.717, 1.165) is 18.7 Å². The summed E-state index contributed by atoms with van der Waals surface area (Å²) in [5, 5.41) is 16.1. The molecule has 4 aliphatic heterocycles. The number of nitrogens with zero attached hydrogens (tertiary/aromatic N) is 2. The normalized spacial score (nSPS) is 31.8. The van der Waals surface area contributed by atoms with Gasteiger partial charge in [0.2, 0.25) is 17.7 Å². The van der Waals surface area contributed by atoms with Crippen LogP contribution < -0.4 is 10.6 Å². The van der Waals surface area contributed by atoms with Crippen molar-refractivity contribution in [2.24, 2.45) is 11.8 Å². The van der Waals surface area contributed by atoms with Gasteiger partial charge >= 0.3 is 0 Å². The number of aliphatic hydroxyl groups excluding tert-OH is 1. The average Bonchev–Trinajstić information content (AvgIpc) is 3.57. The predicted octanol–water partition coefficient (Wildman–Crippen LogP) is -0.103. The number of carbonyl (C=O) groups is 3. The lowest BCUT2D eigenvalue weighted by Crippen LogP contribution is -2.58. The molecule has 10 nitrogen and oxygen atoms in total. The van der Waals surface area contributed by atoms with E-state index in [1.54, 1.807) is 0 Å². The number of hydrogen-bond acceptors (Lipinski definition) is 7. The lowest BCUT2D eigenvalue weighted by atomic mass is 9.70. The van der Waals surface area contributed by atoms with Crippen molar-refractivity contribution in [1.29, 1.82) is 0 Å². The highest BCUT2D eigenvalue weighted by molar-refractivity contribution is 5.99. The van der Waals surface area contributed by atoms with E-state index >= 15 is 0 Å². The molecule has 1 aromatic rings. The van der Waals surface area contributed by atoms with Crippen molar-refractivity contribution in [3.8, 4) is 0 Å². The van der Waals surface area contributed by atoms with Crippen LogP contribution in [-0.4, -0.2) is 102 Å². The third kappa shape index (κ3) is 4.76. The number of likely N-dealkylation sites (tertiary alicyclic amines) is 1. The van der Waals surface area contributed by atoms with E-state index in [-0.39, 0.29) is 24.3 Å². The Balaban J connectivity index is 1.34. The Morgan fingerprint density at radius 2 is 1.92 bits per heavy atom. The topological polar surface area (TPSA) is 120 Å². The van der Waals surface area contributed by atoms with Crippen molar-refractivity contribution in [3.63, 3.8) is 0 Å². The van der Waals surface area contributed by atoms with Crippen molar-refractivity contribution < 1.29 is 29.0 Å². The van der Waals surface area contributed by atoms with E-state index < -0.39 is 35.6 Å². The molecule has 5 rings (SSSR count). The van der Waals surface area contributed by atoms with Gasteiger partial charge in [-0.1, -0.05) is 37.3 Å². The molecular formula is C27H38N4O6. The van der Waals surface area contributed by atoms with E-state index in [9.17, 15) is 19.5 Å². The summed E-state index contributed by atoms with van der Waals surface area (Å²) >= 11 is 0. The number of benzene rings is 1. The Kier molecular flexibility index (Phi) is 7.80. The first-order chi connectivity index (χ1) is 18.0. The first-order valence-corrected chi connectivity index (χ1v) is 13.5. The van der Waals surface area contributed by atoms with Gasteiger partial charge in [-0.2, -0.15) is 0 Å². The molecular weight excluding hydrogens is 476 g/mol. The van der Waals surface area contributed by atoms with Crippen LogP contribution in [0.4, 0.5) is 0 Å². The van der Waals surface area contributed by atoms with Crippen LogP contribution >= 0.6 is 0 Å². The zero-order chi connectivity index (χ0) is 26.0. The van der Waals surface area contributed by atoms with E-state index in [4.69, 9.17) is 9.47 Å². The largest absolute Gasteiger partial charge is 0.394 e. The summed E-state index contributed by atoms with van der Waals surface area (Å²) in [4.78, 5) is 44.7. The minimum Gasteiger partial charge on any atom is -0.394 e. The minimum atomic E-state index is -1.05.